The second kappa shape index (κ2) is 6.01. The Kier molecular flexibility index (Phi) is 4.88. The largest absolute Gasteiger partial charge is 0.480 e. The van der Waals surface area contributed by atoms with Crippen LogP contribution in [0.4, 0.5) is 0 Å². The predicted molar refractivity (Wildman–Crippen MR) is 66.1 cm³/mol. The SMILES string of the molecule is COC(=O)C[C@H](NC(=O)C1(C)CCCC1N)C(=O)O. The van der Waals surface area contributed by atoms with Gasteiger partial charge in [0, 0.05) is 6.04 Å². The van der Waals surface area contributed by atoms with E-state index in [2.05, 4.69) is 10.1 Å². The van der Waals surface area contributed by atoms with E-state index < -0.39 is 35.7 Å². The maximum absolute atomic E-state index is 12.2. The molecule has 0 radical (unpaired) electrons. The molecule has 108 valence electrons. The molecule has 0 spiro atoms. The molecule has 0 aliphatic heterocycles. The molecule has 19 heavy (non-hydrogen) atoms. The Morgan fingerprint density at radius 1 is 1.53 bits per heavy atom. The Hall–Kier alpha value is -1.63. The first kappa shape index (κ1) is 15.4. The van der Waals surface area contributed by atoms with E-state index in [1.165, 1.54) is 0 Å². The number of aliphatic carboxylic acids is 1. The Bertz CT molecular complexity index is 384. The van der Waals surface area contributed by atoms with Crippen molar-refractivity contribution in [3.8, 4) is 0 Å². The highest BCUT2D eigenvalue weighted by Crippen LogP contribution is 2.36. The average molecular weight is 272 g/mol. The van der Waals surface area contributed by atoms with Crippen molar-refractivity contribution >= 4 is 17.8 Å². The first-order valence-electron chi connectivity index (χ1n) is 6.17. The number of carboxylic acids is 1. The van der Waals surface area contributed by atoms with Gasteiger partial charge in [-0.25, -0.2) is 4.79 Å². The average Bonchev–Trinajstić information content (AvgIpc) is 2.69. The van der Waals surface area contributed by atoms with Crippen LogP contribution in [0.5, 0.6) is 0 Å². The number of methoxy groups -OCH3 is 1. The molecule has 4 N–H and O–H groups in total. The van der Waals surface area contributed by atoms with E-state index >= 15 is 0 Å². The Balaban J connectivity index is 2.71. The van der Waals surface area contributed by atoms with Crippen molar-refractivity contribution in [1.29, 1.82) is 0 Å². The molecule has 7 nitrogen and oxygen atoms in total. The molecule has 0 saturated heterocycles. The molecular formula is C12H20N2O5. The van der Waals surface area contributed by atoms with E-state index in [4.69, 9.17) is 10.8 Å². The van der Waals surface area contributed by atoms with Crippen LogP contribution in [-0.4, -0.2) is 42.1 Å². The molecule has 0 bridgehead atoms. The van der Waals surface area contributed by atoms with Crippen molar-refractivity contribution in [3.63, 3.8) is 0 Å². The summed E-state index contributed by atoms with van der Waals surface area (Å²) in [5, 5.41) is 11.4. The summed E-state index contributed by atoms with van der Waals surface area (Å²) in [5.41, 5.74) is 5.12. The van der Waals surface area contributed by atoms with E-state index in [1.54, 1.807) is 6.92 Å². The van der Waals surface area contributed by atoms with Crippen molar-refractivity contribution < 1.29 is 24.2 Å². The molecule has 0 aromatic rings. The van der Waals surface area contributed by atoms with Gasteiger partial charge in [-0.3, -0.25) is 9.59 Å². The highest BCUT2D eigenvalue weighted by atomic mass is 16.5. The molecule has 0 aromatic heterocycles. The van der Waals surface area contributed by atoms with Crippen molar-refractivity contribution in [2.24, 2.45) is 11.1 Å². The number of amides is 1. The number of carbonyl (C=O) groups is 3. The summed E-state index contributed by atoms with van der Waals surface area (Å²) in [5.74, 6) is -2.38. The van der Waals surface area contributed by atoms with E-state index in [1.807, 2.05) is 0 Å². The number of hydrogen-bond acceptors (Lipinski definition) is 5. The molecule has 1 aliphatic rings. The normalized spacial score (nSPS) is 27.6. The summed E-state index contributed by atoms with van der Waals surface area (Å²) in [6, 6.07) is -1.58. The summed E-state index contributed by atoms with van der Waals surface area (Å²) < 4.78 is 4.41. The molecule has 7 heteroatoms. The third-order valence-electron chi connectivity index (χ3n) is 3.75. The van der Waals surface area contributed by atoms with Gasteiger partial charge in [-0.15, -0.1) is 0 Å². The van der Waals surface area contributed by atoms with Crippen molar-refractivity contribution in [2.75, 3.05) is 7.11 Å². The van der Waals surface area contributed by atoms with Gasteiger partial charge in [0.15, 0.2) is 0 Å². The second-order valence-corrected chi connectivity index (χ2v) is 5.06. The standard InChI is InChI=1S/C12H20N2O5/c1-12(5-3-4-8(12)13)11(18)14-7(10(16)17)6-9(15)19-2/h7-8H,3-6,13H2,1-2H3,(H,14,18)(H,16,17)/t7-,8?,12?/m0/s1. The first-order chi connectivity index (χ1) is 8.81. The van der Waals surface area contributed by atoms with Gasteiger partial charge in [-0.1, -0.05) is 6.42 Å². The number of carboxylic acid groups (broad SMARTS) is 1. The van der Waals surface area contributed by atoms with Crippen LogP contribution < -0.4 is 11.1 Å². The van der Waals surface area contributed by atoms with Crippen molar-refractivity contribution in [3.05, 3.63) is 0 Å². The molecule has 0 heterocycles. The van der Waals surface area contributed by atoms with Gasteiger partial charge >= 0.3 is 11.9 Å². The number of nitrogens with two attached hydrogens (primary N) is 1. The summed E-state index contributed by atoms with van der Waals surface area (Å²) >= 11 is 0. The number of hydrogen-bond donors (Lipinski definition) is 3. The van der Waals surface area contributed by atoms with Crippen LogP contribution in [-0.2, 0) is 19.1 Å². The molecule has 1 fully saturated rings. The third kappa shape index (κ3) is 3.44. The number of esters is 1. The monoisotopic (exact) mass is 272 g/mol. The number of carbonyl (C=O) groups excluding carboxylic acids is 2. The van der Waals surface area contributed by atoms with E-state index in [9.17, 15) is 14.4 Å². The molecule has 1 aliphatic carbocycles. The lowest BCUT2D eigenvalue weighted by atomic mass is 9.84. The summed E-state index contributed by atoms with van der Waals surface area (Å²) in [7, 11) is 1.16. The van der Waals surface area contributed by atoms with Crippen LogP contribution in [0.2, 0.25) is 0 Å². The van der Waals surface area contributed by atoms with Gasteiger partial charge in [-0.2, -0.15) is 0 Å². The Morgan fingerprint density at radius 3 is 2.58 bits per heavy atom. The molecular weight excluding hydrogens is 252 g/mol. The molecule has 2 unspecified atom stereocenters. The van der Waals surface area contributed by atoms with Gasteiger partial charge in [0.25, 0.3) is 0 Å². The summed E-state index contributed by atoms with van der Waals surface area (Å²) in [6.07, 6.45) is 1.78. The number of nitrogens with one attached hydrogen (secondary N) is 1. The van der Waals surface area contributed by atoms with Crippen LogP contribution in [0.25, 0.3) is 0 Å². The van der Waals surface area contributed by atoms with Gasteiger partial charge in [0.1, 0.15) is 6.04 Å². The zero-order valence-corrected chi connectivity index (χ0v) is 11.1. The fourth-order valence-corrected chi connectivity index (χ4v) is 2.25. The van der Waals surface area contributed by atoms with Crippen LogP contribution >= 0.6 is 0 Å². The molecule has 1 rings (SSSR count). The maximum atomic E-state index is 12.2. The third-order valence-corrected chi connectivity index (χ3v) is 3.75. The second-order valence-electron chi connectivity index (χ2n) is 5.06. The van der Waals surface area contributed by atoms with Gasteiger partial charge in [0.05, 0.1) is 18.9 Å². The molecule has 1 amide bonds. The fraction of sp³-hybridized carbons (Fsp3) is 0.750. The minimum Gasteiger partial charge on any atom is -0.480 e. The van der Waals surface area contributed by atoms with Crippen LogP contribution in [0.3, 0.4) is 0 Å². The number of rotatable bonds is 5. The van der Waals surface area contributed by atoms with Gasteiger partial charge in [0.2, 0.25) is 5.91 Å². The van der Waals surface area contributed by atoms with Crippen LogP contribution in [0.15, 0.2) is 0 Å². The maximum Gasteiger partial charge on any atom is 0.326 e. The van der Waals surface area contributed by atoms with E-state index in [0.29, 0.717) is 6.42 Å². The summed E-state index contributed by atoms with van der Waals surface area (Å²) in [6.45, 7) is 1.72. The minimum atomic E-state index is -1.29. The Morgan fingerprint density at radius 2 is 2.16 bits per heavy atom. The zero-order valence-electron chi connectivity index (χ0n) is 11.1. The lowest BCUT2D eigenvalue weighted by molar-refractivity contribution is -0.149. The zero-order chi connectivity index (χ0) is 14.6. The molecule has 3 atom stereocenters. The lowest BCUT2D eigenvalue weighted by Crippen LogP contribution is -2.52. The molecule has 0 aromatic carbocycles. The number of ether oxygens (including phenoxy) is 1. The van der Waals surface area contributed by atoms with E-state index in [0.717, 1.165) is 20.0 Å². The topological polar surface area (TPSA) is 119 Å². The van der Waals surface area contributed by atoms with Crippen LogP contribution in [0, 0.1) is 5.41 Å². The quantitative estimate of drug-likeness (QED) is 0.588. The van der Waals surface area contributed by atoms with Gasteiger partial charge in [-0.05, 0) is 19.8 Å². The highest BCUT2D eigenvalue weighted by Gasteiger charge is 2.44. The fourth-order valence-electron chi connectivity index (χ4n) is 2.25. The van der Waals surface area contributed by atoms with Crippen LogP contribution in [0.1, 0.15) is 32.6 Å². The minimum absolute atomic E-state index is 0.292. The highest BCUT2D eigenvalue weighted by molar-refractivity contribution is 5.90. The smallest absolute Gasteiger partial charge is 0.326 e. The van der Waals surface area contributed by atoms with Gasteiger partial charge < -0.3 is 20.9 Å². The Labute approximate surface area is 111 Å². The predicted octanol–water partition coefficient (Wildman–Crippen LogP) is -0.364. The first-order valence-corrected chi connectivity index (χ1v) is 6.17. The van der Waals surface area contributed by atoms with Crippen molar-refractivity contribution in [2.45, 2.75) is 44.7 Å². The van der Waals surface area contributed by atoms with E-state index in [-0.39, 0.29) is 6.04 Å². The summed E-state index contributed by atoms with van der Waals surface area (Å²) in [4.78, 5) is 34.3. The van der Waals surface area contributed by atoms with Crippen molar-refractivity contribution in [1.82, 2.24) is 5.32 Å². The lowest BCUT2D eigenvalue weighted by Gasteiger charge is -2.29. The molecule has 1 saturated carbocycles.